The van der Waals surface area contributed by atoms with Gasteiger partial charge in [0.2, 0.25) is 11.8 Å². The van der Waals surface area contributed by atoms with Crippen molar-refractivity contribution in [1.29, 1.82) is 0 Å². The number of halogens is 1. The molecule has 0 radical (unpaired) electrons. The molecule has 12 rings (SSSR count). The van der Waals surface area contributed by atoms with Crippen molar-refractivity contribution in [3.63, 3.8) is 0 Å². The van der Waals surface area contributed by atoms with Gasteiger partial charge in [-0.3, -0.25) is 9.59 Å². The van der Waals surface area contributed by atoms with Gasteiger partial charge in [0.25, 0.3) is 0 Å². The number of aliphatic hydroxyl groups is 2. The van der Waals surface area contributed by atoms with Crippen molar-refractivity contribution in [3.8, 4) is 44.6 Å². The van der Waals surface area contributed by atoms with Crippen LogP contribution in [0.4, 0.5) is 15.0 Å². The van der Waals surface area contributed by atoms with Gasteiger partial charge in [0, 0.05) is 86.4 Å². The van der Waals surface area contributed by atoms with Crippen LogP contribution in [0.3, 0.4) is 0 Å². The van der Waals surface area contributed by atoms with Crippen LogP contribution in [-0.2, 0) is 30.4 Å². The van der Waals surface area contributed by atoms with E-state index in [1.54, 1.807) is 47.6 Å². The zero-order valence-electron chi connectivity index (χ0n) is 55.3. The molecule has 4 aliphatic rings. The van der Waals surface area contributed by atoms with E-state index in [1.165, 1.54) is 20.9 Å². The lowest BCUT2D eigenvalue weighted by Crippen LogP contribution is -2.50. The number of amides is 3. The summed E-state index contributed by atoms with van der Waals surface area (Å²) in [5.74, 6) is -0.505. The number of benzene rings is 4. The minimum Gasteiger partial charge on any atom is -0.486 e. The standard InChI is InChI=1S/C70H85FN12O10S/c1-38(2)62(67(87)81-33-49(85)28-57(81)66(86)74-55(35-84)46-21-23-47(24-22-46)64-40(4)72-37-94-64)82-34-54(77-78-82)45-17-15-43(16-18-45)36-91-63-60(59-39(3)53(71)30-56-52(59)31-73-83(56)58-14-12-13-27-90-58)50(44-19-20-44)29-51-61(63)75-68(92-42(6)41(5)89-11)76-65(51)79(10)48-25-26-80(32-48)69(88)93-70(7,8)9/h15-18,21-24,29-31,34,37-38,41-42,44,48-49,55,57-58,62,84-85H,12-14,19-20,25-28,32-33,35-36H2,1-11H3,(H,74,86)/t41-,42-,48-,49+,55-,57-,58?,62-/m0/s1. The van der Waals surface area contributed by atoms with Gasteiger partial charge in [-0.25, -0.2) is 23.5 Å². The summed E-state index contributed by atoms with van der Waals surface area (Å²) in [5.41, 5.74) is 9.47. The van der Waals surface area contributed by atoms with Gasteiger partial charge in [0.15, 0.2) is 12.0 Å². The molecular formula is C70H85FN12O10S. The Morgan fingerprint density at radius 3 is 2.35 bits per heavy atom. The molecule has 3 saturated heterocycles. The SMILES string of the molecule is CO[C@@H](C)[C@H](C)Oc1nc(N(C)[C@H]2CCN(C(=O)OC(C)(C)C)C2)c2cc(C3CC3)c(-c3c(C)c(F)cc4c3cnn4C3CCCCO3)c(OCc3ccc(-c4cn([C@H](C(=O)N5C[C@H](O)C[C@H]5C(=O)N[C@@H](CO)c5ccc(-c6scnc6C)cc5)C(C)C)nn4)cc3)c2n1. The minimum atomic E-state index is -1.01. The third-order valence-electron chi connectivity index (χ3n) is 18.7. The number of rotatable bonds is 21. The van der Waals surface area contributed by atoms with Crippen molar-refractivity contribution in [2.45, 2.75) is 174 Å². The molecule has 4 aromatic carbocycles. The van der Waals surface area contributed by atoms with Gasteiger partial charge in [-0.15, -0.1) is 16.4 Å². The number of carbonyl (C=O) groups is 3. The van der Waals surface area contributed by atoms with Crippen LogP contribution >= 0.6 is 11.3 Å². The smallest absolute Gasteiger partial charge is 0.410 e. The monoisotopic (exact) mass is 1300 g/mol. The number of nitrogens with zero attached hydrogens (tertiary/aromatic N) is 11. The predicted octanol–water partition coefficient (Wildman–Crippen LogP) is 11.2. The molecule has 3 aliphatic heterocycles. The van der Waals surface area contributed by atoms with Crippen LogP contribution in [-0.4, -0.2) is 161 Å². The molecule has 8 atom stereocenters. The van der Waals surface area contributed by atoms with E-state index < -0.39 is 53.6 Å². The van der Waals surface area contributed by atoms with E-state index in [9.17, 15) is 24.6 Å². The second kappa shape index (κ2) is 27.3. The van der Waals surface area contributed by atoms with Crippen molar-refractivity contribution < 1.29 is 52.7 Å². The molecule has 24 heteroatoms. The van der Waals surface area contributed by atoms with E-state index in [2.05, 4.69) is 31.6 Å². The van der Waals surface area contributed by atoms with Gasteiger partial charge < -0.3 is 53.9 Å². The van der Waals surface area contributed by atoms with E-state index >= 15 is 4.39 Å². The molecule has 3 amide bonds. The molecule has 0 spiro atoms. The van der Waals surface area contributed by atoms with Gasteiger partial charge in [0.05, 0.1) is 58.8 Å². The van der Waals surface area contributed by atoms with E-state index in [4.69, 9.17) is 38.8 Å². The molecular weight excluding hydrogens is 1220 g/mol. The fourth-order valence-electron chi connectivity index (χ4n) is 13.2. The third-order valence-corrected chi connectivity index (χ3v) is 19.7. The van der Waals surface area contributed by atoms with Gasteiger partial charge in [-0.1, -0.05) is 67.6 Å². The van der Waals surface area contributed by atoms with Crippen LogP contribution in [0.5, 0.6) is 11.8 Å². The minimum absolute atomic E-state index is 0.0235. The Labute approximate surface area is 550 Å². The number of aryl methyl sites for hydroxylation is 1. The molecule has 7 heterocycles. The molecule has 4 aromatic heterocycles. The molecule has 8 aromatic rings. The first kappa shape index (κ1) is 65.9. The Hall–Kier alpha value is -8.16. The Morgan fingerprint density at radius 1 is 0.926 bits per heavy atom. The van der Waals surface area contributed by atoms with Gasteiger partial charge in [0.1, 0.15) is 53.2 Å². The van der Waals surface area contributed by atoms with Crippen LogP contribution in [0.25, 0.3) is 54.6 Å². The fraction of sp³-hybridized carbons (Fsp3) is 0.500. The zero-order chi connectivity index (χ0) is 66.4. The summed E-state index contributed by atoms with van der Waals surface area (Å²) in [5, 5.41) is 39.8. The zero-order valence-corrected chi connectivity index (χ0v) is 56.2. The predicted molar refractivity (Wildman–Crippen MR) is 355 cm³/mol. The number of nitrogens with one attached hydrogen (secondary N) is 1. The Kier molecular flexibility index (Phi) is 19.1. The fourth-order valence-corrected chi connectivity index (χ4v) is 14.0. The van der Waals surface area contributed by atoms with Gasteiger partial charge in [-0.05, 0) is 133 Å². The van der Waals surface area contributed by atoms with Crippen LogP contribution in [0, 0.1) is 25.6 Å². The van der Waals surface area contributed by atoms with Crippen molar-refractivity contribution in [2.24, 2.45) is 5.92 Å². The van der Waals surface area contributed by atoms with E-state index in [-0.39, 0.29) is 68.5 Å². The maximum absolute atomic E-state index is 17.0. The number of hydrogen-bond donors (Lipinski definition) is 3. The van der Waals surface area contributed by atoms with E-state index in [0.29, 0.717) is 87.6 Å². The Morgan fingerprint density at radius 2 is 1.68 bits per heavy atom. The van der Waals surface area contributed by atoms with E-state index in [1.807, 2.05) is 111 Å². The van der Waals surface area contributed by atoms with Crippen LogP contribution in [0.1, 0.15) is 146 Å². The number of ether oxygens (including phenoxy) is 5. The number of aliphatic hydroxyl groups excluding tert-OH is 2. The number of β-amino-alcohol motifs (C(OH)–C–C–N with tert-alkyl or cyclic N) is 1. The summed E-state index contributed by atoms with van der Waals surface area (Å²) < 4.78 is 52.0. The number of thiazole rings is 1. The lowest BCUT2D eigenvalue weighted by atomic mass is 9.88. The summed E-state index contributed by atoms with van der Waals surface area (Å²) in [4.78, 5) is 63.4. The molecule has 22 nitrogen and oxygen atoms in total. The second-order valence-corrected chi connectivity index (χ2v) is 27.8. The number of anilines is 1. The highest BCUT2D eigenvalue weighted by Crippen LogP contribution is 2.54. The molecule has 1 unspecified atom stereocenters. The molecule has 498 valence electrons. The number of fused-ring (bicyclic) bond motifs is 2. The lowest BCUT2D eigenvalue weighted by molar-refractivity contribution is -0.142. The van der Waals surface area contributed by atoms with Crippen LogP contribution < -0.4 is 19.7 Å². The van der Waals surface area contributed by atoms with Crippen LogP contribution in [0.15, 0.2) is 78.6 Å². The summed E-state index contributed by atoms with van der Waals surface area (Å²) in [6.45, 7) is 18.0. The van der Waals surface area contributed by atoms with Gasteiger partial charge in [-0.2, -0.15) is 15.1 Å². The first-order valence-electron chi connectivity index (χ1n) is 32.7. The highest BCUT2D eigenvalue weighted by atomic mass is 32.1. The third kappa shape index (κ3) is 13.6. The maximum atomic E-state index is 17.0. The first-order valence-corrected chi connectivity index (χ1v) is 33.6. The molecule has 4 fully saturated rings. The molecule has 3 N–H and O–H groups in total. The average molecular weight is 1310 g/mol. The van der Waals surface area contributed by atoms with Crippen molar-refractivity contribution in [1.82, 2.24) is 54.8 Å². The van der Waals surface area contributed by atoms with Crippen LogP contribution in [0.2, 0.25) is 0 Å². The van der Waals surface area contributed by atoms with Crippen molar-refractivity contribution >= 4 is 56.9 Å². The average Bonchev–Trinajstić information content (AvgIpc) is 1.44. The quantitative estimate of drug-likeness (QED) is 0.0605. The maximum Gasteiger partial charge on any atom is 0.410 e. The summed E-state index contributed by atoms with van der Waals surface area (Å²) in [7, 11) is 3.60. The second-order valence-electron chi connectivity index (χ2n) is 26.9. The highest BCUT2D eigenvalue weighted by molar-refractivity contribution is 7.13. The number of likely N-dealkylation sites (tertiary alicyclic amines) is 2. The number of hydrogen-bond acceptors (Lipinski definition) is 18. The van der Waals surface area contributed by atoms with Crippen molar-refractivity contribution in [3.05, 3.63) is 112 Å². The molecule has 0 bridgehead atoms. The van der Waals surface area contributed by atoms with E-state index in [0.717, 1.165) is 64.8 Å². The molecule has 94 heavy (non-hydrogen) atoms. The summed E-state index contributed by atoms with van der Waals surface area (Å²) in [6, 6.07) is 16.2. The number of aromatic nitrogens is 8. The van der Waals surface area contributed by atoms with Crippen molar-refractivity contribution in [2.75, 3.05) is 51.9 Å². The topological polar surface area (TPSA) is 247 Å². The lowest BCUT2D eigenvalue weighted by Gasteiger charge is -2.30. The van der Waals surface area contributed by atoms with Gasteiger partial charge >= 0.3 is 12.1 Å². The normalized spacial score (nSPS) is 19.8. The Balaban J connectivity index is 0.868. The highest BCUT2D eigenvalue weighted by Gasteiger charge is 2.44. The number of methoxy groups -OCH3 is 1. The summed E-state index contributed by atoms with van der Waals surface area (Å²) in [6.07, 6.45) is 6.13. The number of carbonyl (C=O) groups excluding carboxylic acids is 3. The molecule has 1 aliphatic carbocycles. The first-order chi connectivity index (χ1) is 45.1. The number of likely N-dealkylation sites (N-methyl/N-ethyl adjacent to an activating group) is 1. The Bertz CT molecular complexity index is 4070. The largest absolute Gasteiger partial charge is 0.486 e. The summed E-state index contributed by atoms with van der Waals surface area (Å²) >= 11 is 1.53. The molecule has 1 saturated carbocycles.